The molecule has 0 aliphatic heterocycles. The Hall–Kier alpha value is -7.04. The van der Waals surface area contributed by atoms with E-state index in [0.29, 0.717) is 0 Å². The predicted molar refractivity (Wildman–Crippen MR) is 214 cm³/mol. The molecular formula is C48H28N4. The molecule has 1 aliphatic rings. The van der Waals surface area contributed by atoms with Crippen LogP contribution >= 0.6 is 0 Å². The lowest BCUT2D eigenvalue weighted by atomic mass is 9.82. The molecule has 3 heterocycles. The van der Waals surface area contributed by atoms with Crippen molar-refractivity contribution in [2.45, 2.75) is 0 Å². The van der Waals surface area contributed by atoms with Gasteiger partial charge in [-0.3, -0.25) is 15.0 Å². The summed E-state index contributed by atoms with van der Waals surface area (Å²) in [6.07, 6.45) is 5.54. The van der Waals surface area contributed by atoms with Gasteiger partial charge in [0.2, 0.25) is 0 Å². The number of pyridine rings is 2. The second-order valence-electron chi connectivity index (χ2n) is 13.4. The summed E-state index contributed by atoms with van der Waals surface area (Å²) in [7, 11) is 0. The molecule has 11 rings (SSSR count). The van der Waals surface area contributed by atoms with Gasteiger partial charge < -0.3 is 0 Å². The Morgan fingerprint density at radius 3 is 1.60 bits per heavy atom. The van der Waals surface area contributed by atoms with E-state index in [1.165, 1.54) is 60.7 Å². The maximum atomic E-state index is 5.00. The van der Waals surface area contributed by atoms with Crippen molar-refractivity contribution in [2.24, 2.45) is 0 Å². The van der Waals surface area contributed by atoms with E-state index in [2.05, 4.69) is 145 Å². The molecule has 3 aromatic heterocycles. The van der Waals surface area contributed by atoms with E-state index in [1.807, 2.05) is 30.7 Å². The topological polar surface area (TPSA) is 51.6 Å². The van der Waals surface area contributed by atoms with Crippen LogP contribution in [-0.4, -0.2) is 19.9 Å². The highest BCUT2D eigenvalue weighted by atomic mass is 14.8. The summed E-state index contributed by atoms with van der Waals surface area (Å²) in [4.78, 5) is 19.6. The quantitative estimate of drug-likeness (QED) is 0.176. The third-order valence-electron chi connectivity index (χ3n) is 10.5. The van der Waals surface area contributed by atoms with Gasteiger partial charge in [-0.25, -0.2) is 4.98 Å². The molecule has 0 atom stereocenters. The van der Waals surface area contributed by atoms with Crippen LogP contribution in [0.15, 0.2) is 170 Å². The first kappa shape index (κ1) is 28.8. The zero-order valence-electron chi connectivity index (χ0n) is 28.0. The fourth-order valence-electron chi connectivity index (χ4n) is 8.30. The fourth-order valence-corrected chi connectivity index (χ4v) is 8.30. The number of hydrogen-bond acceptors (Lipinski definition) is 4. The molecule has 4 heteroatoms. The number of aromatic nitrogens is 4. The van der Waals surface area contributed by atoms with E-state index in [1.54, 1.807) is 0 Å². The molecule has 240 valence electrons. The molecule has 0 unspecified atom stereocenters. The van der Waals surface area contributed by atoms with Crippen LogP contribution in [0.3, 0.4) is 0 Å². The summed E-state index contributed by atoms with van der Waals surface area (Å²) >= 11 is 0. The lowest BCUT2D eigenvalue weighted by Gasteiger charge is -2.20. The van der Waals surface area contributed by atoms with Gasteiger partial charge in [-0.15, -0.1) is 0 Å². The zero-order valence-corrected chi connectivity index (χ0v) is 28.0. The molecule has 0 saturated carbocycles. The Labute approximate surface area is 299 Å². The smallest absolute Gasteiger partial charge is 0.107 e. The van der Waals surface area contributed by atoms with Crippen LogP contribution in [0.25, 0.3) is 111 Å². The number of fused-ring (bicyclic) bond motifs is 7. The van der Waals surface area contributed by atoms with Crippen LogP contribution in [0.4, 0.5) is 0 Å². The Bertz CT molecular complexity index is 2950. The van der Waals surface area contributed by atoms with E-state index in [-0.39, 0.29) is 0 Å². The van der Waals surface area contributed by atoms with Crippen molar-refractivity contribution < 1.29 is 0 Å². The first-order valence-electron chi connectivity index (χ1n) is 17.6. The SMILES string of the molecule is c1ccc(-c2c3c(c(-c4ccccc4)c4ccccc24)-c2ccc(-c4cnc(-c5ccc6ccc7cccnc7c6n5)cn4)c4cccc-3c24)cc1. The van der Waals surface area contributed by atoms with E-state index in [4.69, 9.17) is 15.0 Å². The number of hydrogen-bond donors (Lipinski definition) is 0. The van der Waals surface area contributed by atoms with Crippen LogP contribution in [0.5, 0.6) is 0 Å². The maximum absolute atomic E-state index is 5.00. The van der Waals surface area contributed by atoms with Gasteiger partial charge >= 0.3 is 0 Å². The van der Waals surface area contributed by atoms with Gasteiger partial charge in [-0.05, 0) is 78.2 Å². The normalized spacial score (nSPS) is 11.8. The fraction of sp³-hybridized carbons (Fsp3) is 0. The van der Waals surface area contributed by atoms with Crippen LogP contribution < -0.4 is 0 Å². The molecule has 0 saturated heterocycles. The van der Waals surface area contributed by atoms with E-state index >= 15 is 0 Å². The number of rotatable bonds is 4. The van der Waals surface area contributed by atoms with Crippen LogP contribution in [0, 0.1) is 0 Å². The second-order valence-corrected chi connectivity index (χ2v) is 13.4. The Balaban J connectivity index is 1.11. The molecule has 1 aliphatic carbocycles. The Morgan fingerprint density at radius 1 is 0.327 bits per heavy atom. The standard InChI is InChI=1S/C48H28N4/c1-3-11-29(12-4-1)42-35-16-7-8-17-36(35)43(30-13-5-2-6-14-30)46-38-24-23-33(34-18-9-19-37(44(34)38)45(42)46)40-27-51-41(28-50-40)39-25-22-32-21-20-31-15-10-26-49-47(31)48(32)52-39/h1-28H. The minimum atomic E-state index is 0.726. The van der Waals surface area contributed by atoms with Gasteiger partial charge in [-0.2, -0.15) is 0 Å². The molecule has 0 N–H and O–H groups in total. The Kier molecular flexibility index (Phi) is 6.22. The van der Waals surface area contributed by atoms with Crippen molar-refractivity contribution in [3.05, 3.63) is 170 Å². The number of benzene rings is 7. The van der Waals surface area contributed by atoms with E-state index in [0.717, 1.165) is 49.8 Å². The van der Waals surface area contributed by atoms with Gasteiger partial charge in [0.05, 0.1) is 34.8 Å². The third-order valence-corrected chi connectivity index (χ3v) is 10.5. The molecule has 0 spiro atoms. The lowest BCUT2D eigenvalue weighted by molar-refractivity contribution is 1.19. The second kappa shape index (κ2) is 11.2. The van der Waals surface area contributed by atoms with Crippen molar-refractivity contribution in [1.29, 1.82) is 0 Å². The highest BCUT2D eigenvalue weighted by Crippen LogP contribution is 2.58. The molecule has 4 nitrogen and oxygen atoms in total. The summed E-state index contributed by atoms with van der Waals surface area (Å²) in [5.41, 5.74) is 15.2. The summed E-state index contributed by atoms with van der Waals surface area (Å²) in [5.74, 6) is 0. The van der Waals surface area contributed by atoms with E-state index < -0.39 is 0 Å². The highest BCUT2D eigenvalue weighted by molar-refractivity contribution is 6.28. The number of nitrogens with zero attached hydrogens (tertiary/aromatic N) is 4. The first-order chi connectivity index (χ1) is 25.8. The molecule has 52 heavy (non-hydrogen) atoms. The molecule has 7 aromatic carbocycles. The van der Waals surface area contributed by atoms with Gasteiger partial charge in [0, 0.05) is 22.5 Å². The molecule has 0 fully saturated rings. The molecule has 0 radical (unpaired) electrons. The van der Waals surface area contributed by atoms with Crippen molar-refractivity contribution in [2.75, 3.05) is 0 Å². The zero-order chi connectivity index (χ0) is 34.2. The van der Waals surface area contributed by atoms with Gasteiger partial charge in [0.1, 0.15) is 5.69 Å². The minimum absolute atomic E-state index is 0.726. The van der Waals surface area contributed by atoms with Gasteiger partial charge in [-0.1, -0.05) is 140 Å². The summed E-state index contributed by atoms with van der Waals surface area (Å²) in [6.45, 7) is 0. The summed E-state index contributed by atoms with van der Waals surface area (Å²) in [5, 5.41) is 7.04. The summed E-state index contributed by atoms with van der Waals surface area (Å²) in [6, 6.07) is 54.0. The average molecular weight is 661 g/mol. The van der Waals surface area contributed by atoms with E-state index in [9.17, 15) is 0 Å². The lowest BCUT2D eigenvalue weighted by Crippen LogP contribution is -1.94. The maximum Gasteiger partial charge on any atom is 0.107 e. The monoisotopic (exact) mass is 660 g/mol. The first-order valence-corrected chi connectivity index (χ1v) is 17.6. The third kappa shape index (κ3) is 4.21. The van der Waals surface area contributed by atoms with Crippen LogP contribution in [0.2, 0.25) is 0 Å². The molecule has 0 bridgehead atoms. The van der Waals surface area contributed by atoms with Gasteiger partial charge in [0.25, 0.3) is 0 Å². The van der Waals surface area contributed by atoms with Crippen LogP contribution in [-0.2, 0) is 0 Å². The summed E-state index contributed by atoms with van der Waals surface area (Å²) < 4.78 is 0. The average Bonchev–Trinajstić information content (AvgIpc) is 3.55. The molecule has 0 amide bonds. The highest BCUT2D eigenvalue weighted by Gasteiger charge is 2.31. The van der Waals surface area contributed by atoms with Crippen molar-refractivity contribution >= 4 is 43.4 Å². The molecule has 10 aromatic rings. The van der Waals surface area contributed by atoms with Gasteiger partial charge in [0.15, 0.2) is 0 Å². The Morgan fingerprint density at radius 2 is 0.904 bits per heavy atom. The minimum Gasteiger partial charge on any atom is -0.254 e. The van der Waals surface area contributed by atoms with Crippen molar-refractivity contribution in [3.63, 3.8) is 0 Å². The van der Waals surface area contributed by atoms with Crippen LogP contribution in [0.1, 0.15) is 0 Å². The predicted octanol–water partition coefficient (Wildman–Crippen LogP) is 12.2. The van der Waals surface area contributed by atoms with Crippen molar-refractivity contribution in [3.8, 4) is 67.2 Å². The molecular weight excluding hydrogens is 633 g/mol. The van der Waals surface area contributed by atoms with Crippen molar-refractivity contribution in [1.82, 2.24) is 19.9 Å². The largest absolute Gasteiger partial charge is 0.254 e.